The van der Waals surface area contributed by atoms with Crippen LogP contribution in [0, 0.1) is 11.3 Å². The van der Waals surface area contributed by atoms with Crippen molar-refractivity contribution in [1.82, 2.24) is 5.32 Å². The molecule has 2 saturated carbocycles. The summed E-state index contributed by atoms with van der Waals surface area (Å²) in [5.41, 5.74) is 0.596. The first-order valence-electron chi connectivity index (χ1n) is 7.48. The summed E-state index contributed by atoms with van der Waals surface area (Å²) < 4.78 is 5.21. The molecule has 0 aliphatic heterocycles. The third-order valence-electron chi connectivity index (χ3n) is 4.95. The summed E-state index contributed by atoms with van der Waals surface area (Å²) in [7, 11) is 1.81. The standard InChI is InChI=1S/C15H29NO/c1-13(14-6-4-3-5-7-14)16-12-15(8-9-15)10-11-17-2/h13-14,16H,3-12H2,1-2H3. The average Bonchev–Trinajstić information content (AvgIpc) is 3.15. The summed E-state index contributed by atoms with van der Waals surface area (Å²) in [6.07, 6.45) is 11.3. The highest BCUT2D eigenvalue weighted by molar-refractivity contribution is 4.95. The van der Waals surface area contributed by atoms with Gasteiger partial charge in [0.05, 0.1) is 0 Å². The Morgan fingerprint density at radius 3 is 2.53 bits per heavy atom. The maximum Gasteiger partial charge on any atom is 0.0468 e. The van der Waals surface area contributed by atoms with Gasteiger partial charge in [-0.3, -0.25) is 0 Å². The van der Waals surface area contributed by atoms with E-state index in [9.17, 15) is 0 Å². The Labute approximate surface area is 107 Å². The molecule has 0 spiro atoms. The molecule has 0 amide bonds. The van der Waals surface area contributed by atoms with Gasteiger partial charge in [-0.2, -0.15) is 0 Å². The van der Waals surface area contributed by atoms with Gasteiger partial charge in [-0.25, -0.2) is 0 Å². The third-order valence-corrected chi connectivity index (χ3v) is 4.95. The van der Waals surface area contributed by atoms with Crippen LogP contribution in [0.25, 0.3) is 0 Å². The van der Waals surface area contributed by atoms with Gasteiger partial charge in [0.2, 0.25) is 0 Å². The second kappa shape index (κ2) is 6.19. The molecule has 0 radical (unpaired) electrons. The van der Waals surface area contributed by atoms with Crippen LogP contribution in [-0.4, -0.2) is 26.3 Å². The van der Waals surface area contributed by atoms with Crippen LogP contribution >= 0.6 is 0 Å². The van der Waals surface area contributed by atoms with Crippen molar-refractivity contribution in [3.05, 3.63) is 0 Å². The molecule has 2 heteroatoms. The van der Waals surface area contributed by atoms with Gasteiger partial charge in [0.25, 0.3) is 0 Å². The van der Waals surface area contributed by atoms with Crippen LogP contribution in [0.15, 0.2) is 0 Å². The largest absolute Gasteiger partial charge is 0.385 e. The van der Waals surface area contributed by atoms with Gasteiger partial charge in [-0.05, 0) is 50.4 Å². The Morgan fingerprint density at radius 1 is 1.24 bits per heavy atom. The quantitative estimate of drug-likeness (QED) is 0.735. The second-order valence-electron chi connectivity index (χ2n) is 6.31. The van der Waals surface area contributed by atoms with Gasteiger partial charge in [0, 0.05) is 26.3 Å². The van der Waals surface area contributed by atoms with E-state index < -0.39 is 0 Å². The summed E-state index contributed by atoms with van der Waals surface area (Å²) in [5, 5.41) is 3.81. The average molecular weight is 239 g/mol. The number of rotatable bonds is 7. The topological polar surface area (TPSA) is 21.3 Å². The molecule has 0 bridgehead atoms. The number of hydrogen-bond donors (Lipinski definition) is 1. The first-order valence-corrected chi connectivity index (χ1v) is 7.48. The van der Waals surface area contributed by atoms with Crippen molar-refractivity contribution in [1.29, 1.82) is 0 Å². The zero-order valence-electron chi connectivity index (χ0n) is 11.6. The van der Waals surface area contributed by atoms with Gasteiger partial charge in [-0.15, -0.1) is 0 Å². The SMILES string of the molecule is COCCC1(CNC(C)C2CCCCC2)CC1. The Hall–Kier alpha value is -0.0800. The molecule has 2 aliphatic carbocycles. The summed E-state index contributed by atoms with van der Waals surface area (Å²) >= 11 is 0. The monoisotopic (exact) mass is 239 g/mol. The van der Waals surface area contributed by atoms with Gasteiger partial charge in [-0.1, -0.05) is 19.3 Å². The molecule has 0 aromatic carbocycles. The zero-order valence-corrected chi connectivity index (χ0v) is 11.6. The highest BCUT2D eigenvalue weighted by Crippen LogP contribution is 2.48. The van der Waals surface area contributed by atoms with Crippen molar-refractivity contribution >= 4 is 0 Å². The predicted molar refractivity (Wildman–Crippen MR) is 72.2 cm³/mol. The lowest BCUT2D eigenvalue weighted by Crippen LogP contribution is -2.38. The van der Waals surface area contributed by atoms with Crippen molar-refractivity contribution in [2.24, 2.45) is 11.3 Å². The Bertz CT molecular complexity index is 219. The molecule has 2 fully saturated rings. The normalized spacial score (nSPS) is 25.8. The molecule has 0 aromatic heterocycles. The summed E-state index contributed by atoms with van der Waals surface area (Å²) in [6, 6.07) is 0.718. The Kier molecular flexibility index (Phi) is 4.87. The predicted octanol–water partition coefficient (Wildman–Crippen LogP) is 3.36. The van der Waals surface area contributed by atoms with E-state index in [0.29, 0.717) is 5.41 Å². The number of methoxy groups -OCH3 is 1. The van der Waals surface area contributed by atoms with Crippen LogP contribution < -0.4 is 5.32 Å². The molecule has 0 heterocycles. The highest BCUT2D eigenvalue weighted by Gasteiger charge is 2.42. The number of ether oxygens (including phenoxy) is 1. The second-order valence-corrected chi connectivity index (χ2v) is 6.31. The highest BCUT2D eigenvalue weighted by atomic mass is 16.5. The Morgan fingerprint density at radius 2 is 1.94 bits per heavy atom. The third kappa shape index (κ3) is 3.96. The molecule has 0 saturated heterocycles. The van der Waals surface area contributed by atoms with Gasteiger partial charge in [0.1, 0.15) is 0 Å². The minimum Gasteiger partial charge on any atom is -0.385 e. The molecule has 2 aliphatic rings. The molecule has 100 valence electrons. The molecule has 1 unspecified atom stereocenters. The summed E-state index contributed by atoms with van der Waals surface area (Å²) in [6.45, 7) is 4.54. The van der Waals surface area contributed by atoms with Crippen molar-refractivity contribution in [2.75, 3.05) is 20.3 Å². The van der Waals surface area contributed by atoms with Gasteiger partial charge < -0.3 is 10.1 Å². The molecule has 2 nitrogen and oxygen atoms in total. The summed E-state index contributed by atoms with van der Waals surface area (Å²) in [4.78, 5) is 0. The van der Waals surface area contributed by atoms with Gasteiger partial charge >= 0.3 is 0 Å². The minimum atomic E-state index is 0.596. The Balaban J connectivity index is 1.66. The van der Waals surface area contributed by atoms with Crippen molar-refractivity contribution in [3.8, 4) is 0 Å². The van der Waals surface area contributed by atoms with Crippen LogP contribution in [0.1, 0.15) is 58.3 Å². The van der Waals surface area contributed by atoms with Gasteiger partial charge in [0.15, 0.2) is 0 Å². The fraction of sp³-hybridized carbons (Fsp3) is 1.00. The van der Waals surface area contributed by atoms with Crippen LogP contribution in [0.3, 0.4) is 0 Å². The summed E-state index contributed by atoms with van der Waals surface area (Å²) in [5.74, 6) is 0.932. The fourth-order valence-electron chi connectivity index (χ4n) is 3.19. The molecular weight excluding hydrogens is 210 g/mol. The van der Waals surface area contributed by atoms with E-state index in [1.165, 1.54) is 57.9 Å². The lowest BCUT2D eigenvalue weighted by molar-refractivity contribution is 0.167. The first kappa shape index (κ1) is 13.4. The lowest BCUT2D eigenvalue weighted by Gasteiger charge is -2.30. The first-order chi connectivity index (χ1) is 8.26. The van der Waals surface area contributed by atoms with Crippen LogP contribution in [0.2, 0.25) is 0 Å². The van der Waals surface area contributed by atoms with E-state index in [-0.39, 0.29) is 0 Å². The van der Waals surface area contributed by atoms with E-state index >= 15 is 0 Å². The molecule has 2 rings (SSSR count). The van der Waals surface area contributed by atoms with E-state index in [1.54, 1.807) is 0 Å². The number of hydrogen-bond acceptors (Lipinski definition) is 2. The zero-order chi connectivity index (χ0) is 12.1. The smallest absolute Gasteiger partial charge is 0.0468 e. The molecular formula is C15H29NO. The van der Waals surface area contributed by atoms with Crippen molar-refractivity contribution in [3.63, 3.8) is 0 Å². The molecule has 17 heavy (non-hydrogen) atoms. The lowest BCUT2D eigenvalue weighted by atomic mass is 9.84. The van der Waals surface area contributed by atoms with Crippen molar-refractivity contribution in [2.45, 2.75) is 64.3 Å². The molecule has 0 aromatic rings. The molecule has 1 atom stereocenters. The van der Waals surface area contributed by atoms with E-state index in [4.69, 9.17) is 4.74 Å². The number of nitrogens with one attached hydrogen (secondary N) is 1. The minimum absolute atomic E-state index is 0.596. The van der Waals surface area contributed by atoms with E-state index in [2.05, 4.69) is 12.2 Å². The van der Waals surface area contributed by atoms with E-state index in [0.717, 1.165) is 18.6 Å². The van der Waals surface area contributed by atoms with Crippen molar-refractivity contribution < 1.29 is 4.74 Å². The fourth-order valence-corrected chi connectivity index (χ4v) is 3.19. The van der Waals surface area contributed by atoms with E-state index in [1.807, 2.05) is 7.11 Å². The maximum atomic E-state index is 5.21. The van der Waals surface area contributed by atoms with Crippen LogP contribution in [0.5, 0.6) is 0 Å². The maximum absolute atomic E-state index is 5.21. The molecule has 1 N–H and O–H groups in total. The van der Waals surface area contributed by atoms with Crippen LogP contribution in [-0.2, 0) is 4.74 Å². The van der Waals surface area contributed by atoms with Crippen LogP contribution in [0.4, 0.5) is 0 Å².